The first kappa shape index (κ1) is 13.5. The van der Waals surface area contributed by atoms with Gasteiger partial charge in [-0.1, -0.05) is 17.7 Å². The minimum Gasteiger partial charge on any atom is -0.496 e. The first-order valence-electron chi connectivity index (χ1n) is 5.71. The number of hydrogen-bond acceptors (Lipinski definition) is 3. The fraction of sp³-hybridized carbons (Fsp3) is 0.143. The van der Waals surface area contributed by atoms with Crippen molar-refractivity contribution in [1.82, 2.24) is 0 Å². The van der Waals surface area contributed by atoms with Gasteiger partial charge in [0.25, 0.3) is 0 Å². The summed E-state index contributed by atoms with van der Waals surface area (Å²) in [6.45, 7) is 0.422. The Kier molecular flexibility index (Phi) is 4.12. The number of halogens is 2. The molecule has 3 nitrogen and oxygen atoms in total. The number of nitrogen functional groups attached to an aromatic ring is 1. The van der Waals surface area contributed by atoms with Gasteiger partial charge in [-0.15, -0.1) is 0 Å². The van der Waals surface area contributed by atoms with Gasteiger partial charge < -0.3 is 15.8 Å². The third kappa shape index (κ3) is 3.29. The van der Waals surface area contributed by atoms with Gasteiger partial charge in [-0.05, 0) is 30.3 Å². The fourth-order valence-corrected chi connectivity index (χ4v) is 2.04. The average Bonchev–Trinajstić information content (AvgIpc) is 2.36. The van der Waals surface area contributed by atoms with E-state index < -0.39 is 0 Å². The summed E-state index contributed by atoms with van der Waals surface area (Å²) >= 11 is 6.12. The lowest BCUT2D eigenvalue weighted by Crippen LogP contribution is -2.03. The Hall–Kier alpha value is -1.94. The van der Waals surface area contributed by atoms with Crippen LogP contribution in [0.25, 0.3) is 0 Å². The van der Waals surface area contributed by atoms with E-state index in [0.717, 1.165) is 5.56 Å². The molecule has 0 aliphatic heterocycles. The number of methoxy groups -OCH3 is 1. The zero-order valence-corrected chi connectivity index (χ0v) is 11.2. The number of nitrogens with one attached hydrogen (secondary N) is 1. The minimum absolute atomic E-state index is 0.369. The Bertz CT molecular complexity index is 569. The van der Waals surface area contributed by atoms with E-state index in [4.69, 9.17) is 22.1 Å². The molecule has 0 spiro atoms. The molecule has 0 atom stereocenters. The first-order chi connectivity index (χ1) is 9.10. The fourth-order valence-electron chi connectivity index (χ4n) is 1.81. The molecule has 0 saturated heterocycles. The lowest BCUT2D eigenvalue weighted by Gasteiger charge is -2.12. The number of benzene rings is 2. The molecule has 3 N–H and O–H groups in total. The van der Waals surface area contributed by atoms with E-state index in [1.165, 1.54) is 12.1 Å². The Balaban J connectivity index is 2.18. The summed E-state index contributed by atoms with van der Waals surface area (Å²) < 4.78 is 18.4. The zero-order chi connectivity index (χ0) is 13.8. The molecule has 100 valence electrons. The molecule has 0 fully saturated rings. The molecule has 0 unspecified atom stereocenters. The van der Waals surface area contributed by atoms with Crippen LogP contribution in [0, 0.1) is 5.82 Å². The third-order valence-corrected chi connectivity index (χ3v) is 3.04. The molecule has 2 rings (SSSR count). The molecule has 0 aliphatic carbocycles. The minimum atomic E-state index is -0.381. The molecule has 0 heterocycles. The van der Waals surface area contributed by atoms with Gasteiger partial charge in [-0.3, -0.25) is 0 Å². The highest BCUT2D eigenvalue weighted by molar-refractivity contribution is 6.31. The van der Waals surface area contributed by atoms with Crippen LogP contribution in [0.1, 0.15) is 5.56 Å². The quantitative estimate of drug-likeness (QED) is 0.840. The van der Waals surface area contributed by atoms with Gasteiger partial charge >= 0.3 is 0 Å². The summed E-state index contributed by atoms with van der Waals surface area (Å²) in [6.07, 6.45) is 0. The predicted octanol–water partition coefficient (Wildman–Crippen LogP) is 3.68. The molecule has 0 amide bonds. The van der Waals surface area contributed by atoms with Crippen LogP contribution in [0.2, 0.25) is 5.02 Å². The number of ether oxygens (including phenoxy) is 1. The maximum Gasteiger partial charge on any atom is 0.127 e. The molecule has 19 heavy (non-hydrogen) atoms. The molecule has 0 saturated carbocycles. The van der Waals surface area contributed by atoms with E-state index in [1.807, 2.05) is 12.1 Å². The van der Waals surface area contributed by atoms with E-state index in [0.29, 0.717) is 28.7 Å². The SMILES string of the molecule is COc1cccc(Cl)c1CNc1cc(N)cc(F)c1. The van der Waals surface area contributed by atoms with Gasteiger partial charge in [-0.2, -0.15) is 0 Å². The van der Waals surface area contributed by atoms with Crippen LogP contribution < -0.4 is 15.8 Å². The second-order valence-electron chi connectivity index (χ2n) is 4.05. The van der Waals surface area contributed by atoms with E-state index in [2.05, 4.69) is 5.32 Å². The molecule has 2 aromatic rings. The first-order valence-corrected chi connectivity index (χ1v) is 6.09. The van der Waals surface area contributed by atoms with E-state index in [-0.39, 0.29) is 5.82 Å². The second kappa shape index (κ2) is 5.80. The topological polar surface area (TPSA) is 47.3 Å². The van der Waals surface area contributed by atoms with Crippen LogP contribution in [0.5, 0.6) is 5.75 Å². The van der Waals surface area contributed by atoms with Gasteiger partial charge in [0, 0.05) is 28.5 Å². The van der Waals surface area contributed by atoms with Crippen molar-refractivity contribution in [3.63, 3.8) is 0 Å². The van der Waals surface area contributed by atoms with Gasteiger partial charge in [0.05, 0.1) is 7.11 Å². The smallest absolute Gasteiger partial charge is 0.127 e. The van der Waals surface area contributed by atoms with Gasteiger partial charge in [-0.25, -0.2) is 4.39 Å². The Morgan fingerprint density at radius 2 is 2.11 bits per heavy atom. The maximum absolute atomic E-state index is 13.2. The van der Waals surface area contributed by atoms with Crippen molar-refractivity contribution in [2.24, 2.45) is 0 Å². The molecule has 0 aliphatic rings. The standard InChI is InChI=1S/C14H14ClFN2O/c1-19-14-4-2-3-13(15)12(14)8-18-11-6-9(16)5-10(17)7-11/h2-7,18H,8,17H2,1H3. The van der Waals surface area contributed by atoms with Crippen LogP contribution in [0.3, 0.4) is 0 Å². The number of nitrogens with two attached hydrogens (primary N) is 1. The second-order valence-corrected chi connectivity index (χ2v) is 4.45. The predicted molar refractivity (Wildman–Crippen MR) is 76.1 cm³/mol. The van der Waals surface area contributed by atoms with E-state index >= 15 is 0 Å². The highest BCUT2D eigenvalue weighted by Crippen LogP contribution is 2.27. The van der Waals surface area contributed by atoms with Gasteiger partial charge in [0.15, 0.2) is 0 Å². The van der Waals surface area contributed by atoms with Crippen molar-refractivity contribution in [1.29, 1.82) is 0 Å². The summed E-state index contributed by atoms with van der Waals surface area (Å²) in [4.78, 5) is 0. The summed E-state index contributed by atoms with van der Waals surface area (Å²) in [5.41, 5.74) is 7.36. The van der Waals surface area contributed by atoms with Crippen molar-refractivity contribution >= 4 is 23.0 Å². The number of hydrogen-bond donors (Lipinski definition) is 2. The Morgan fingerprint density at radius 3 is 2.79 bits per heavy atom. The average molecular weight is 281 g/mol. The van der Waals surface area contributed by atoms with Crippen LogP contribution in [0.15, 0.2) is 36.4 Å². The lowest BCUT2D eigenvalue weighted by molar-refractivity contribution is 0.410. The third-order valence-electron chi connectivity index (χ3n) is 2.69. The van der Waals surface area contributed by atoms with Crippen molar-refractivity contribution in [2.45, 2.75) is 6.54 Å². The van der Waals surface area contributed by atoms with E-state index in [1.54, 1.807) is 19.2 Å². The van der Waals surface area contributed by atoms with Crippen LogP contribution in [-0.2, 0) is 6.54 Å². The maximum atomic E-state index is 13.2. The molecule has 2 aromatic carbocycles. The zero-order valence-electron chi connectivity index (χ0n) is 10.4. The van der Waals surface area contributed by atoms with Crippen molar-refractivity contribution in [2.75, 3.05) is 18.2 Å². The lowest BCUT2D eigenvalue weighted by atomic mass is 10.2. The highest BCUT2D eigenvalue weighted by atomic mass is 35.5. The number of rotatable bonds is 4. The molecule has 0 aromatic heterocycles. The Morgan fingerprint density at radius 1 is 1.32 bits per heavy atom. The van der Waals surface area contributed by atoms with Crippen LogP contribution >= 0.6 is 11.6 Å². The van der Waals surface area contributed by atoms with Crippen molar-refractivity contribution < 1.29 is 9.13 Å². The van der Waals surface area contributed by atoms with Crippen molar-refractivity contribution in [3.05, 3.63) is 52.8 Å². The molecular weight excluding hydrogens is 267 g/mol. The van der Waals surface area contributed by atoms with Gasteiger partial charge in [0.1, 0.15) is 11.6 Å². The molecule has 5 heteroatoms. The largest absolute Gasteiger partial charge is 0.496 e. The molecule has 0 bridgehead atoms. The molecular formula is C14H14ClFN2O. The normalized spacial score (nSPS) is 10.3. The van der Waals surface area contributed by atoms with E-state index in [9.17, 15) is 4.39 Å². The van der Waals surface area contributed by atoms with Crippen LogP contribution in [-0.4, -0.2) is 7.11 Å². The molecule has 0 radical (unpaired) electrons. The summed E-state index contributed by atoms with van der Waals surface area (Å²) in [5, 5.41) is 3.67. The van der Waals surface area contributed by atoms with Gasteiger partial charge in [0.2, 0.25) is 0 Å². The summed E-state index contributed by atoms with van der Waals surface area (Å²) in [5.74, 6) is 0.304. The highest BCUT2D eigenvalue weighted by Gasteiger charge is 2.07. The van der Waals surface area contributed by atoms with Crippen LogP contribution in [0.4, 0.5) is 15.8 Å². The monoisotopic (exact) mass is 280 g/mol. The van der Waals surface area contributed by atoms with Crippen molar-refractivity contribution in [3.8, 4) is 5.75 Å². The Labute approximate surface area is 116 Å². The summed E-state index contributed by atoms with van der Waals surface area (Å²) in [7, 11) is 1.58. The summed E-state index contributed by atoms with van der Waals surface area (Å²) in [6, 6.07) is 9.71. The number of anilines is 2.